The van der Waals surface area contributed by atoms with Gasteiger partial charge < -0.3 is 15.3 Å². The summed E-state index contributed by atoms with van der Waals surface area (Å²) in [6.07, 6.45) is 1.96. The smallest absolute Gasteiger partial charge is 0.239 e. The maximum atomic E-state index is 12.2. The van der Waals surface area contributed by atoms with Crippen LogP contribution >= 0.6 is 0 Å². The van der Waals surface area contributed by atoms with E-state index in [4.69, 9.17) is 0 Å². The number of aliphatic hydroxyl groups excluding tert-OH is 1. The summed E-state index contributed by atoms with van der Waals surface area (Å²) in [7, 11) is 1.82. The van der Waals surface area contributed by atoms with Crippen LogP contribution in [0.5, 0.6) is 0 Å². The Balaban J connectivity index is 1.78. The number of amides is 1. The van der Waals surface area contributed by atoms with E-state index in [0.29, 0.717) is 13.0 Å². The number of aromatic nitrogens is 2. The second kappa shape index (κ2) is 6.37. The number of nitrogens with zero attached hydrogens (tertiary/aromatic N) is 2. The second-order valence-electron chi connectivity index (χ2n) is 5.63. The predicted octanol–water partition coefficient (Wildman–Crippen LogP) is 0.140. The number of aliphatic hydroxyl groups is 1. The highest BCUT2D eigenvalue weighted by Gasteiger charge is 2.29. The zero-order valence-corrected chi connectivity index (χ0v) is 12.4. The van der Waals surface area contributed by atoms with E-state index in [-0.39, 0.29) is 11.9 Å². The molecule has 1 aromatic rings. The monoisotopic (exact) mass is 280 g/mol. The van der Waals surface area contributed by atoms with Crippen LogP contribution in [0.2, 0.25) is 0 Å². The van der Waals surface area contributed by atoms with Crippen LogP contribution in [0.3, 0.4) is 0 Å². The Kier molecular flexibility index (Phi) is 4.77. The second-order valence-corrected chi connectivity index (χ2v) is 5.63. The fourth-order valence-electron chi connectivity index (χ4n) is 2.72. The van der Waals surface area contributed by atoms with Gasteiger partial charge in [0.2, 0.25) is 5.91 Å². The van der Waals surface area contributed by atoms with E-state index in [9.17, 15) is 9.90 Å². The number of carbonyl (C=O) groups is 1. The minimum Gasteiger partial charge on any atom is -0.392 e. The lowest BCUT2D eigenvalue weighted by Gasteiger charge is -2.21. The fourth-order valence-corrected chi connectivity index (χ4v) is 2.72. The molecule has 1 fully saturated rings. The van der Waals surface area contributed by atoms with Crippen molar-refractivity contribution >= 4 is 5.91 Å². The van der Waals surface area contributed by atoms with E-state index in [2.05, 4.69) is 15.5 Å². The van der Waals surface area contributed by atoms with E-state index in [1.165, 1.54) is 5.56 Å². The number of hydrogen-bond acceptors (Lipinski definition) is 4. The Morgan fingerprint density at radius 1 is 1.50 bits per heavy atom. The number of β-amino-alcohol motifs (C(OH)–C–C–N with tert-alkyl or cyclic N) is 1. The van der Waals surface area contributed by atoms with Crippen LogP contribution in [0, 0.1) is 13.8 Å². The van der Waals surface area contributed by atoms with Gasteiger partial charge in [-0.1, -0.05) is 0 Å². The standard InChI is InChI=1S/C14H24N4O2/c1-9-12(10(2)17-16-9)5-4-6-18(3)14(20)13-7-11(19)8-15-13/h11,13,15,19H,4-8H2,1-3H3,(H,16,17)/t11-,13-/m1/s1. The first-order chi connectivity index (χ1) is 9.49. The van der Waals surface area contributed by atoms with Crippen LogP contribution < -0.4 is 5.32 Å². The summed E-state index contributed by atoms with van der Waals surface area (Å²) < 4.78 is 0. The van der Waals surface area contributed by atoms with Gasteiger partial charge in [-0.15, -0.1) is 0 Å². The number of hydrogen-bond donors (Lipinski definition) is 3. The molecule has 0 aliphatic carbocycles. The fraction of sp³-hybridized carbons (Fsp3) is 0.714. The molecule has 0 aromatic carbocycles. The molecule has 6 nitrogen and oxygen atoms in total. The van der Waals surface area contributed by atoms with E-state index in [1.54, 1.807) is 4.90 Å². The molecular formula is C14H24N4O2. The van der Waals surface area contributed by atoms with Crippen molar-refractivity contribution < 1.29 is 9.90 Å². The van der Waals surface area contributed by atoms with Gasteiger partial charge in [-0.3, -0.25) is 9.89 Å². The molecule has 1 aliphatic heterocycles. The number of rotatable bonds is 5. The third-order valence-electron chi connectivity index (χ3n) is 3.98. The van der Waals surface area contributed by atoms with Crippen molar-refractivity contribution in [2.45, 2.75) is 45.3 Å². The first kappa shape index (κ1) is 15.0. The summed E-state index contributed by atoms with van der Waals surface area (Å²) >= 11 is 0. The van der Waals surface area contributed by atoms with Gasteiger partial charge >= 0.3 is 0 Å². The molecule has 0 bridgehead atoms. The van der Waals surface area contributed by atoms with Crippen LogP contribution in [-0.4, -0.2) is 58.4 Å². The lowest BCUT2D eigenvalue weighted by Crippen LogP contribution is -2.42. The molecule has 3 N–H and O–H groups in total. The number of nitrogens with one attached hydrogen (secondary N) is 2. The molecule has 0 radical (unpaired) electrons. The minimum absolute atomic E-state index is 0.0715. The molecule has 0 spiro atoms. The highest BCUT2D eigenvalue weighted by atomic mass is 16.3. The lowest BCUT2D eigenvalue weighted by atomic mass is 10.1. The van der Waals surface area contributed by atoms with Crippen LogP contribution in [0.15, 0.2) is 0 Å². The first-order valence-corrected chi connectivity index (χ1v) is 7.16. The minimum atomic E-state index is -0.395. The number of aryl methyl sites for hydroxylation is 2. The Morgan fingerprint density at radius 2 is 2.25 bits per heavy atom. The summed E-state index contributed by atoms with van der Waals surface area (Å²) in [5.41, 5.74) is 3.40. The lowest BCUT2D eigenvalue weighted by molar-refractivity contribution is -0.131. The number of likely N-dealkylation sites (N-methyl/N-ethyl adjacent to an activating group) is 1. The van der Waals surface area contributed by atoms with E-state index in [0.717, 1.165) is 30.8 Å². The molecule has 1 aliphatic rings. The van der Waals surface area contributed by atoms with Gasteiger partial charge in [0.15, 0.2) is 0 Å². The molecule has 2 atom stereocenters. The number of aromatic amines is 1. The maximum Gasteiger partial charge on any atom is 0.239 e. The molecule has 1 aromatic heterocycles. The van der Waals surface area contributed by atoms with Gasteiger partial charge in [-0.2, -0.15) is 5.10 Å². The highest BCUT2D eigenvalue weighted by Crippen LogP contribution is 2.13. The van der Waals surface area contributed by atoms with Gasteiger partial charge in [0.05, 0.1) is 17.8 Å². The number of H-pyrrole nitrogens is 1. The first-order valence-electron chi connectivity index (χ1n) is 7.16. The molecular weight excluding hydrogens is 256 g/mol. The average molecular weight is 280 g/mol. The largest absolute Gasteiger partial charge is 0.392 e. The third kappa shape index (κ3) is 3.37. The summed E-state index contributed by atoms with van der Waals surface area (Å²) in [6, 6.07) is -0.229. The van der Waals surface area contributed by atoms with Gasteiger partial charge in [-0.05, 0) is 38.7 Å². The summed E-state index contributed by atoms with van der Waals surface area (Å²) in [6.45, 7) is 5.25. The zero-order valence-electron chi connectivity index (χ0n) is 12.4. The van der Waals surface area contributed by atoms with Crippen molar-refractivity contribution in [3.05, 3.63) is 17.0 Å². The van der Waals surface area contributed by atoms with E-state index < -0.39 is 6.10 Å². The van der Waals surface area contributed by atoms with Crippen molar-refractivity contribution in [2.24, 2.45) is 0 Å². The van der Waals surface area contributed by atoms with Crippen molar-refractivity contribution in [3.63, 3.8) is 0 Å². The molecule has 1 amide bonds. The summed E-state index contributed by atoms with van der Waals surface area (Å²) in [5.74, 6) is 0.0715. The molecule has 6 heteroatoms. The van der Waals surface area contributed by atoms with E-state index in [1.807, 2.05) is 20.9 Å². The Morgan fingerprint density at radius 3 is 2.80 bits per heavy atom. The summed E-state index contributed by atoms with van der Waals surface area (Å²) in [4.78, 5) is 13.9. The molecule has 0 unspecified atom stereocenters. The van der Waals surface area contributed by atoms with Gasteiger partial charge in [0.25, 0.3) is 0 Å². The number of carbonyl (C=O) groups excluding carboxylic acids is 1. The van der Waals surface area contributed by atoms with Crippen LogP contribution in [-0.2, 0) is 11.2 Å². The van der Waals surface area contributed by atoms with Gasteiger partial charge in [0, 0.05) is 25.8 Å². The quantitative estimate of drug-likeness (QED) is 0.716. The molecule has 112 valence electrons. The molecule has 0 saturated carbocycles. The Hall–Kier alpha value is -1.40. The maximum absolute atomic E-state index is 12.2. The highest BCUT2D eigenvalue weighted by molar-refractivity contribution is 5.82. The van der Waals surface area contributed by atoms with Crippen LogP contribution in [0.4, 0.5) is 0 Å². The van der Waals surface area contributed by atoms with Gasteiger partial charge in [0.1, 0.15) is 0 Å². The van der Waals surface area contributed by atoms with Crippen molar-refractivity contribution in [1.29, 1.82) is 0 Å². The Bertz CT molecular complexity index is 452. The predicted molar refractivity (Wildman–Crippen MR) is 76.4 cm³/mol. The zero-order chi connectivity index (χ0) is 14.7. The van der Waals surface area contributed by atoms with Crippen LogP contribution in [0.25, 0.3) is 0 Å². The van der Waals surface area contributed by atoms with Crippen molar-refractivity contribution in [2.75, 3.05) is 20.1 Å². The molecule has 1 saturated heterocycles. The average Bonchev–Trinajstić information content (AvgIpc) is 2.97. The normalized spacial score (nSPS) is 22.2. The van der Waals surface area contributed by atoms with Crippen LogP contribution in [0.1, 0.15) is 29.8 Å². The van der Waals surface area contributed by atoms with Crippen molar-refractivity contribution in [3.8, 4) is 0 Å². The third-order valence-corrected chi connectivity index (χ3v) is 3.98. The molecule has 20 heavy (non-hydrogen) atoms. The van der Waals surface area contributed by atoms with Gasteiger partial charge in [-0.25, -0.2) is 0 Å². The SMILES string of the molecule is Cc1n[nH]c(C)c1CCCN(C)C(=O)[C@H]1C[C@@H](O)CN1. The van der Waals surface area contributed by atoms with Crippen molar-refractivity contribution in [1.82, 2.24) is 20.4 Å². The molecule has 2 rings (SSSR count). The molecule has 2 heterocycles. The Labute approximate surface area is 119 Å². The van der Waals surface area contributed by atoms with E-state index >= 15 is 0 Å². The topological polar surface area (TPSA) is 81.2 Å². The summed E-state index contributed by atoms with van der Waals surface area (Å²) in [5, 5.41) is 19.7.